The van der Waals surface area contributed by atoms with Gasteiger partial charge in [-0.05, 0) is 25.5 Å². The second-order valence-corrected chi connectivity index (χ2v) is 6.14. The number of aliphatic hydroxyl groups is 1. The SMILES string of the molecule is Cc1cc(C(=O)N2CC(C)OC(CO)C2)sc1C#CCN. The van der Waals surface area contributed by atoms with Gasteiger partial charge in [-0.2, -0.15) is 0 Å². The molecule has 0 aliphatic carbocycles. The molecule has 1 aliphatic heterocycles. The van der Waals surface area contributed by atoms with Gasteiger partial charge in [0.1, 0.15) is 0 Å². The van der Waals surface area contributed by atoms with Crippen molar-refractivity contribution < 1.29 is 14.6 Å². The average molecular weight is 308 g/mol. The van der Waals surface area contributed by atoms with Crippen LogP contribution < -0.4 is 5.73 Å². The summed E-state index contributed by atoms with van der Waals surface area (Å²) in [4.78, 5) is 15.9. The van der Waals surface area contributed by atoms with E-state index in [1.807, 2.05) is 19.9 Å². The van der Waals surface area contributed by atoms with E-state index in [4.69, 9.17) is 10.5 Å². The van der Waals surface area contributed by atoms with Crippen molar-refractivity contribution >= 4 is 17.2 Å². The van der Waals surface area contributed by atoms with Gasteiger partial charge in [-0.1, -0.05) is 11.8 Å². The molecule has 2 unspecified atom stereocenters. The van der Waals surface area contributed by atoms with Gasteiger partial charge in [0.2, 0.25) is 0 Å². The summed E-state index contributed by atoms with van der Waals surface area (Å²) in [6.07, 6.45) is -0.382. The monoisotopic (exact) mass is 308 g/mol. The number of nitrogens with zero attached hydrogens (tertiary/aromatic N) is 1. The van der Waals surface area contributed by atoms with E-state index in [2.05, 4.69) is 11.8 Å². The van der Waals surface area contributed by atoms with Gasteiger partial charge < -0.3 is 20.5 Å². The Kier molecular flexibility index (Phi) is 5.37. The highest BCUT2D eigenvalue weighted by Gasteiger charge is 2.29. The summed E-state index contributed by atoms with van der Waals surface area (Å²) in [5.74, 6) is 5.77. The standard InChI is InChI=1S/C15H20N2O3S/c1-10-6-14(21-13(10)4-3-5-16)15(19)17-7-11(2)20-12(8-17)9-18/h6,11-12,18H,5,7-9,16H2,1-2H3. The lowest BCUT2D eigenvalue weighted by molar-refractivity contribution is -0.0857. The quantitative estimate of drug-likeness (QED) is 0.784. The Morgan fingerprint density at radius 3 is 3.05 bits per heavy atom. The lowest BCUT2D eigenvalue weighted by Crippen LogP contribution is -2.50. The average Bonchev–Trinajstić information content (AvgIpc) is 2.84. The third kappa shape index (κ3) is 3.83. The summed E-state index contributed by atoms with van der Waals surface area (Å²) in [6.45, 7) is 5.02. The molecule has 1 amide bonds. The van der Waals surface area contributed by atoms with Gasteiger partial charge in [-0.3, -0.25) is 4.79 Å². The van der Waals surface area contributed by atoms with Crippen LogP contribution in [-0.4, -0.2) is 54.4 Å². The number of aryl methyl sites for hydroxylation is 1. The first kappa shape index (κ1) is 16.0. The van der Waals surface area contributed by atoms with Crippen molar-refractivity contribution in [2.24, 2.45) is 5.73 Å². The molecule has 3 N–H and O–H groups in total. The molecule has 1 aliphatic rings. The molecular formula is C15H20N2O3S. The van der Waals surface area contributed by atoms with Crippen molar-refractivity contribution in [2.45, 2.75) is 26.1 Å². The number of rotatable bonds is 2. The van der Waals surface area contributed by atoms with E-state index in [1.165, 1.54) is 11.3 Å². The van der Waals surface area contributed by atoms with Crippen LogP contribution in [0.2, 0.25) is 0 Å². The van der Waals surface area contributed by atoms with Gasteiger partial charge in [-0.15, -0.1) is 11.3 Å². The van der Waals surface area contributed by atoms with Crippen LogP contribution in [-0.2, 0) is 4.74 Å². The van der Waals surface area contributed by atoms with Crippen molar-refractivity contribution in [2.75, 3.05) is 26.2 Å². The van der Waals surface area contributed by atoms with E-state index in [1.54, 1.807) is 4.90 Å². The van der Waals surface area contributed by atoms with E-state index in [-0.39, 0.29) is 24.7 Å². The van der Waals surface area contributed by atoms with Crippen LogP contribution in [0.3, 0.4) is 0 Å². The Hall–Kier alpha value is -1.39. The van der Waals surface area contributed by atoms with Crippen molar-refractivity contribution in [3.8, 4) is 11.8 Å². The minimum Gasteiger partial charge on any atom is -0.394 e. The zero-order chi connectivity index (χ0) is 15.4. The molecule has 5 nitrogen and oxygen atoms in total. The highest BCUT2D eigenvalue weighted by Crippen LogP contribution is 2.24. The maximum atomic E-state index is 12.6. The molecule has 114 valence electrons. The summed E-state index contributed by atoms with van der Waals surface area (Å²) in [5.41, 5.74) is 6.36. The Labute approximate surface area is 128 Å². The number of carbonyl (C=O) groups excluding carboxylic acids is 1. The summed E-state index contributed by atoms with van der Waals surface area (Å²) < 4.78 is 5.56. The number of carbonyl (C=O) groups is 1. The molecule has 1 fully saturated rings. The molecule has 2 heterocycles. The number of nitrogens with two attached hydrogens (primary N) is 1. The van der Waals surface area contributed by atoms with Gasteiger partial charge >= 0.3 is 0 Å². The Morgan fingerprint density at radius 2 is 2.38 bits per heavy atom. The van der Waals surface area contributed by atoms with Crippen LogP contribution >= 0.6 is 11.3 Å². The Balaban J connectivity index is 2.16. The topological polar surface area (TPSA) is 75.8 Å². The van der Waals surface area contributed by atoms with Crippen molar-refractivity contribution in [3.63, 3.8) is 0 Å². The maximum absolute atomic E-state index is 12.6. The smallest absolute Gasteiger partial charge is 0.264 e. The Morgan fingerprint density at radius 1 is 1.62 bits per heavy atom. The molecule has 6 heteroatoms. The minimum absolute atomic E-state index is 0.0301. The number of morpholine rings is 1. The number of thiophene rings is 1. The summed E-state index contributed by atoms with van der Waals surface area (Å²) in [7, 11) is 0. The van der Waals surface area contributed by atoms with Crippen LogP contribution in [0.15, 0.2) is 6.07 Å². The fourth-order valence-corrected chi connectivity index (χ4v) is 3.33. The third-order valence-electron chi connectivity index (χ3n) is 3.25. The van der Waals surface area contributed by atoms with Crippen LogP contribution in [0.4, 0.5) is 0 Å². The predicted molar refractivity (Wildman–Crippen MR) is 82.3 cm³/mol. The predicted octanol–water partition coefficient (Wildman–Crippen LogP) is 0.589. The summed E-state index contributed by atoms with van der Waals surface area (Å²) in [5, 5.41) is 9.23. The maximum Gasteiger partial charge on any atom is 0.264 e. The van der Waals surface area contributed by atoms with E-state index in [9.17, 15) is 9.90 Å². The van der Waals surface area contributed by atoms with Crippen LogP contribution in [0, 0.1) is 18.8 Å². The van der Waals surface area contributed by atoms with Crippen LogP contribution in [0.25, 0.3) is 0 Å². The van der Waals surface area contributed by atoms with Crippen molar-refractivity contribution in [3.05, 3.63) is 21.4 Å². The number of aliphatic hydroxyl groups excluding tert-OH is 1. The fraction of sp³-hybridized carbons (Fsp3) is 0.533. The van der Waals surface area contributed by atoms with Gasteiger partial charge in [-0.25, -0.2) is 0 Å². The molecule has 1 saturated heterocycles. The molecule has 0 bridgehead atoms. The second kappa shape index (κ2) is 7.05. The normalized spacial score (nSPS) is 21.8. The fourth-order valence-electron chi connectivity index (χ4n) is 2.31. The largest absolute Gasteiger partial charge is 0.394 e. The number of hydrogen-bond acceptors (Lipinski definition) is 5. The first-order chi connectivity index (χ1) is 10.0. The molecule has 1 aromatic rings. The van der Waals surface area contributed by atoms with Gasteiger partial charge in [0.15, 0.2) is 0 Å². The first-order valence-corrected chi connectivity index (χ1v) is 7.71. The molecule has 2 atom stereocenters. The highest BCUT2D eigenvalue weighted by atomic mass is 32.1. The zero-order valence-electron chi connectivity index (χ0n) is 12.3. The lowest BCUT2D eigenvalue weighted by atomic mass is 10.2. The highest BCUT2D eigenvalue weighted by molar-refractivity contribution is 7.14. The number of amides is 1. The van der Waals surface area contributed by atoms with Gasteiger partial charge in [0.25, 0.3) is 5.91 Å². The van der Waals surface area contributed by atoms with E-state index in [0.717, 1.165) is 10.4 Å². The van der Waals surface area contributed by atoms with Crippen LogP contribution in [0.1, 0.15) is 27.0 Å². The molecule has 21 heavy (non-hydrogen) atoms. The third-order valence-corrected chi connectivity index (χ3v) is 4.39. The summed E-state index contributed by atoms with van der Waals surface area (Å²) >= 11 is 1.39. The number of ether oxygens (including phenoxy) is 1. The van der Waals surface area contributed by atoms with E-state index < -0.39 is 0 Å². The van der Waals surface area contributed by atoms with Gasteiger partial charge in [0.05, 0.1) is 35.1 Å². The minimum atomic E-state index is -0.310. The first-order valence-electron chi connectivity index (χ1n) is 6.90. The Bertz CT molecular complexity index is 573. The van der Waals surface area contributed by atoms with E-state index in [0.29, 0.717) is 24.5 Å². The number of hydrogen-bond donors (Lipinski definition) is 2. The van der Waals surface area contributed by atoms with Gasteiger partial charge in [0, 0.05) is 13.1 Å². The second-order valence-electron chi connectivity index (χ2n) is 5.09. The van der Waals surface area contributed by atoms with Crippen LogP contribution in [0.5, 0.6) is 0 Å². The van der Waals surface area contributed by atoms with E-state index >= 15 is 0 Å². The molecule has 0 spiro atoms. The van der Waals surface area contributed by atoms with Crippen molar-refractivity contribution in [1.29, 1.82) is 0 Å². The van der Waals surface area contributed by atoms with Crippen molar-refractivity contribution in [1.82, 2.24) is 4.90 Å². The molecular weight excluding hydrogens is 288 g/mol. The summed E-state index contributed by atoms with van der Waals surface area (Å²) in [6, 6.07) is 1.86. The zero-order valence-corrected chi connectivity index (χ0v) is 13.1. The molecule has 0 aromatic carbocycles. The molecule has 2 rings (SSSR count). The lowest BCUT2D eigenvalue weighted by Gasteiger charge is -2.35. The molecule has 1 aromatic heterocycles. The molecule has 0 saturated carbocycles. The molecule has 0 radical (unpaired) electrons.